The van der Waals surface area contributed by atoms with Crippen molar-refractivity contribution in [1.82, 2.24) is 10.2 Å². The quantitative estimate of drug-likeness (QED) is 0.463. The van der Waals surface area contributed by atoms with E-state index in [9.17, 15) is 13.2 Å². The van der Waals surface area contributed by atoms with Crippen molar-refractivity contribution in [2.75, 3.05) is 42.1 Å². The molecule has 0 atom stereocenters. The van der Waals surface area contributed by atoms with Crippen molar-refractivity contribution in [2.24, 2.45) is 5.92 Å². The number of carbonyl (C=O) groups is 1. The molecule has 0 spiro atoms. The van der Waals surface area contributed by atoms with Gasteiger partial charge in [-0.2, -0.15) is 11.8 Å². The van der Waals surface area contributed by atoms with Gasteiger partial charge in [-0.1, -0.05) is 19.1 Å². The summed E-state index contributed by atoms with van der Waals surface area (Å²) in [5.74, 6) is 3.75. The second-order valence-electron chi connectivity index (χ2n) is 8.18. The molecule has 1 heterocycles. The molecule has 0 aromatic heterocycles. The van der Waals surface area contributed by atoms with E-state index in [2.05, 4.69) is 34.0 Å². The number of likely N-dealkylation sites (tertiary alicyclic amines) is 1. The Labute approximate surface area is 201 Å². The fraction of sp³-hybridized carbons (Fsp3) is 0.458. The molecule has 0 aliphatic carbocycles. The van der Waals surface area contributed by atoms with E-state index >= 15 is 0 Å². The standard InChI is InChI=1S/C24H33N3O4S2/c1-3-32-17-14-25-24(28)20-12-15-27(16-13-20)18-19-4-8-22(9-5-19)31-23-10-6-21(7-11-23)26-33(2,29)30/h4-11,20,26H,3,12-18H2,1-2H3,(H,25,28). The Balaban J connectivity index is 1.42. The minimum absolute atomic E-state index is 0.127. The first-order chi connectivity index (χ1) is 15.8. The second kappa shape index (κ2) is 12.3. The van der Waals surface area contributed by atoms with E-state index in [1.165, 1.54) is 5.56 Å². The molecule has 3 rings (SSSR count). The average molecular weight is 492 g/mol. The monoisotopic (exact) mass is 491 g/mol. The molecule has 1 aliphatic rings. The van der Waals surface area contributed by atoms with E-state index in [-0.39, 0.29) is 11.8 Å². The minimum atomic E-state index is -3.29. The summed E-state index contributed by atoms with van der Waals surface area (Å²) in [5, 5.41) is 3.07. The van der Waals surface area contributed by atoms with Crippen molar-refractivity contribution in [2.45, 2.75) is 26.3 Å². The molecule has 0 unspecified atom stereocenters. The smallest absolute Gasteiger partial charge is 0.229 e. The van der Waals surface area contributed by atoms with Gasteiger partial charge in [0.25, 0.3) is 0 Å². The molecule has 0 saturated carbocycles. The second-order valence-corrected chi connectivity index (χ2v) is 11.3. The Kier molecular flexibility index (Phi) is 9.46. The number of nitrogens with one attached hydrogen (secondary N) is 2. The maximum Gasteiger partial charge on any atom is 0.229 e. The number of rotatable bonds is 11. The summed E-state index contributed by atoms with van der Waals surface area (Å²) in [4.78, 5) is 14.7. The SMILES string of the molecule is CCSCCNC(=O)C1CCN(Cc2ccc(Oc3ccc(NS(C)(=O)=O)cc3)cc2)CC1. The number of anilines is 1. The lowest BCUT2D eigenvalue weighted by Gasteiger charge is -2.31. The maximum absolute atomic E-state index is 12.3. The van der Waals surface area contributed by atoms with Crippen molar-refractivity contribution < 1.29 is 17.9 Å². The van der Waals surface area contributed by atoms with E-state index < -0.39 is 10.0 Å². The zero-order chi connectivity index (χ0) is 23.7. The van der Waals surface area contributed by atoms with Gasteiger partial charge in [-0.05, 0) is 73.6 Å². The number of sulfonamides is 1. The lowest BCUT2D eigenvalue weighted by molar-refractivity contribution is -0.126. The molecular formula is C24H33N3O4S2. The summed E-state index contributed by atoms with van der Waals surface area (Å²) in [6, 6.07) is 14.8. The maximum atomic E-state index is 12.3. The van der Waals surface area contributed by atoms with Crippen LogP contribution in [0.1, 0.15) is 25.3 Å². The lowest BCUT2D eigenvalue weighted by atomic mass is 9.95. The number of thioether (sulfide) groups is 1. The molecule has 33 heavy (non-hydrogen) atoms. The van der Waals surface area contributed by atoms with Crippen LogP contribution >= 0.6 is 11.8 Å². The third-order valence-electron chi connectivity index (χ3n) is 5.43. The number of carbonyl (C=O) groups excluding carboxylic acids is 1. The molecule has 1 saturated heterocycles. The average Bonchev–Trinajstić information content (AvgIpc) is 2.79. The van der Waals surface area contributed by atoms with Crippen molar-refractivity contribution in [3.63, 3.8) is 0 Å². The van der Waals surface area contributed by atoms with Crippen LogP contribution < -0.4 is 14.8 Å². The molecule has 2 N–H and O–H groups in total. The summed E-state index contributed by atoms with van der Waals surface area (Å²) < 4.78 is 30.9. The third kappa shape index (κ3) is 8.91. The summed E-state index contributed by atoms with van der Waals surface area (Å²) >= 11 is 1.85. The number of piperidine rings is 1. The Bertz CT molecular complexity index is 987. The van der Waals surface area contributed by atoms with Gasteiger partial charge in [-0.15, -0.1) is 0 Å². The highest BCUT2D eigenvalue weighted by atomic mass is 32.2. The molecule has 7 nitrogen and oxygen atoms in total. The number of benzene rings is 2. The molecule has 9 heteroatoms. The molecule has 2 aromatic carbocycles. The molecule has 1 amide bonds. The van der Waals surface area contributed by atoms with Gasteiger partial charge < -0.3 is 10.1 Å². The number of hydrogen-bond donors (Lipinski definition) is 2. The van der Waals surface area contributed by atoms with Crippen LogP contribution in [0.2, 0.25) is 0 Å². The zero-order valence-electron chi connectivity index (χ0n) is 19.2. The van der Waals surface area contributed by atoms with Crippen LogP contribution in [0.4, 0.5) is 5.69 Å². The van der Waals surface area contributed by atoms with Crippen molar-refractivity contribution in [3.8, 4) is 11.5 Å². The third-order valence-corrected chi connectivity index (χ3v) is 6.94. The molecule has 0 bridgehead atoms. The molecule has 180 valence electrons. The number of hydrogen-bond acceptors (Lipinski definition) is 6. The zero-order valence-corrected chi connectivity index (χ0v) is 20.9. The lowest BCUT2D eigenvalue weighted by Crippen LogP contribution is -2.40. The Morgan fingerprint density at radius 1 is 1.06 bits per heavy atom. The van der Waals surface area contributed by atoms with Gasteiger partial charge in [0.05, 0.1) is 6.26 Å². The van der Waals surface area contributed by atoms with E-state index in [0.717, 1.165) is 62.5 Å². The van der Waals surface area contributed by atoms with Crippen molar-refractivity contribution in [1.29, 1.82) is 0 Å². The topological polar surface area (TPSA) is 87.7 Å². The summed E-state index contributed by atoms with van der Waals surface area (Å²) in [5.41, 5.74) is 1.70. The summed E-state index contributed by atoms with van der Waals surface area (Å²) in [6.07, 6.45) is 2.92. The largest absolute Gasteiger partial charge is 0.457 e. The van der Waals surface area contributed by atoms with Gasteiger partial charge in [0.2, 0.25) is 15.9 Å². The summed E-state index contributed by atoms with van der Waals surface area (Å²) in [6.45, 7) is 5.59. The summed E-state index contributed by atoms with van der Waals surface area (Å²) in [7, 11) is -3.29. The molecule has 1 aliphatic heterocycles. The minimum Gasteiger partial charge on any atom is -0.457 e. The van der Waals surface area contributed by atoms with Gasteiger partial charge in [0.15, 0.2) is 0 Å². The van der Waals surface area contributed by atoms with Crippen LogP contribution in [0.3, 0.4) is 0 Å². The van der Waals surface area contributed by atoms with Gasteiger partial charge in [-0.25, -0.2) is 8.42 Å². The molecular weight excluding hydrogens is 458 g/mol. The first-order valence-electron chi connectivity index (χ1n) is 11.2. The van der Waals surface area contributed by atoms with Crippen molar-refractivity contribution in [3.05, 3.63) is 54.1 Å². The van der Waals surface area contributed by atoms with Crippen LogP contribution in [-0.2, 0) is 21.4 Å². The predicted octanol–water partition coefficient (Wildman–Crippen LogP) is 3.93. The number of ether oxygens (including phenoxy) is 1. The van der Waals surface area contributed by atoms with Crippen LogP contribution in [0.15, 0.2) is 48.5 Å². The van der Waals surface area contributed by atoms with E-state index in [4.69, 9.17) is 4.74 Å². The molecule has 0 radical (unpaired) electrons. The molecule has 2 aromatic rings. The number of nitrogens with zero attached hydrogens (tertiary/aromatic N) is 1. The van der Waals surface area contributed by atoms with Crippen molar-refractivity contribution >= 4 is 33.4 Å². The first-order valence-corrected chi connectivity index (χ1v) is 14.3. The fourth-order valence-corrected chi connectivity index (χ4v) is 4.85. The Hall–Kier alpha value is -2.23. The van der Waals surface area contributed by atoms with Crippen LogP contribution in [-0.4, -0.2) is 56.6 Å². The van der Waals surface area contributed by atoms with E-state index in [1.54, 1.807) is 24.3 Å². The molecule has 1 fully saturated rings. The Morgan fingerprint density at radius 3 is 2.24 bits per heavy atom. The highest BCUT2D eigenvalue weighted by molar-refractivity contribution is 7.99. The van der Waals surface area contributed by atoms with Crippen LogP contribution in [0, 0.1) is 5.92 Å². The van der Waals surface area contributed by atoms with Crippen LogP contribution in [0.5, 0.6) is 11.5 Å². The van der Waals surface area contributed by atoms with Gasteiger partial charge in [0, 0.05) is 30.4 Å². The Morgan fingerprint density at radius 2 is 1.67 bits per heavy atom. The predicted molar refractivity (Wildman–Crippen MR) is 135 cm³/mol. The first kappa shape index (κ1) is 25.4. The van der Waals surface area contributed by atoms with Gasteiger partial charge >= 0.3 is 0 Å². The van der Waals surface area contributed by atoms with E-state index in [0.29, 0.717) is 11.4 Å². The highest BCUT2D eigenvalue weighted by Gasteiger charge is 2.24. The van der Waals surface area contributed by atoms with Crippen LogP contribution in [0.25, 0.3) is 0 Å². The van der Waals surface area contributed by atoms with Gasteiger partial charge in [0.1, 0.15) is 11.5 Å². The normalized spacial score (nSPS) is 15.2. The van der Waals surface area contributed by atoms with E-state index in [1.807, 2.05) is 23.9 Å². The number of amides is 1. The van der Waals surface area contributed by atoms with Gasteiger partial charge in [-0.3, -0.25) is 14.4 Å². The fourth-order valence-electron chi connectivity index (χ4n) is 3.75. The highest BCUT2D eigenvalue weighted by Crippen LogP contribution is 2.25.